The molecule has 1 amide bonds. The minimum Gasteiger partial charge on any atom is -0.478 e. The Morgan fingerprint density at radius 3 is 2.29 bits per heavy atom. The second kappa shape index (κ2) is 7.12. The Labute approximate surface area is 164 Å². The molecule has 0 unspecified atom stereocenters. The molecule has 0 radical (unpaired) electrons. The summed E-state index contributed by atoms with van der Waals surface area (Å²) in [6, 6.07) is 3.36. The Bertz CT molecular complexity index is 1000. The average Bonchev–Trinajstić information content (AvgIpc) is 3.13. The number of hydrogen-bond acceptors (Lipinski definition) is 6. The van der Waals surface area contributed by atoms with Gasteiger partial charge in [-0.3, -0.25) is 4.79 Å². The Hall–Kier alpha value is -1.98. The van der Waals surface area contributed by atoms with E-state index < -0.39 is 49.9 Å². The van der Waals surface area contributed by atoms with Crippen molar-refractivity contribution in [1.29, 1.82) is 0 Å². The molecule has 11 heteroatoms. The van der Waals surface area contributed by atoms with Crippen LogP contribution in [0.5, 0.6) is 0 Å². The number of carbonyl (C=O) groups is 2. The van der Waals surface area contributed by atoms with Crippen LogP contribution in [0.3, 0.4) is 0 Å². The van der Waals surface area contributed by atoms with E-state index in [4.69, 9.17) is 5.11 Å². The Balaban J connectivity index is 2.01. The molecule has 1 aromatic rings. The van der Waals surface area contributed by atoms with Gasteiger partial charge in [-0.1, -0.05) is 13.3 Å². The van der Waals surface area contributed by atoms with E-state index in [-0.39, 0.29) is 23.4 Å². The molecule has 0 spiro atoms. The van der Waals surface area contributed by atoms with Crippen molar-refractivity contribution >= 4 is 31.9 Å². The smallest absolute Gasteiger partial charge is 0.335 e. The van der Waals surface area contributed by atoms with Crippen LogP contribution in [0.4, 0.5) is 0 Å². The number of rotatable bonds is 6. The first-order valence-corrected chi connectivity index (χ1v) is 12.2. The molecular weight excluding hydrogens is 408 g/mol. The number of amides is 1. The zero-order chi connectivity index (χ0) is 20.9. The summed E-state index contributed by atoms with van der Waals surface area (Å²) in [6.07, 6.45) is 2.18. The normalized spacial score (nSPS) is 25.9. The number of sulfonamides is 2. The van der Waals surface area contributed by atoms with Crippen LogP contribution in [0.15, 0.2) is 29.2 Å². The maximum Gasteiger partial charge on any atom is 0.335 e. The number of hydrogen-bond donors (Lipinski definition) is 1. The third-order valence-corrected chi connectivity index (χ3v) is 8.36. The van der Waals surface area contributed by atoms with Crippen molar-refractivity contribution in [1.82, 2.24) is 8.61 Å². The molecular formula is C17H22N2O7S2. The van der Waals surface area contributed by atoms with Crippen LogP contribution in [0.1, 0.15) is 36.5 Å². The van der Waals surface area contributed by atoms with Gasteiger partial charge in [-0.25, -0.2) is 25.9 Å². The minimum absolute atomic E-state index is 0.0404. The summed E-state index contributed by atoms with van der Waals surface area (Å²) in [7, 11) is -7.82. The molecule has 0 saturated carbocycles. The van der Waals surface area contributed by atoms with Gasteiger partial charge in [0.2, 0.25) is 26.0 Å². The Kier molecular flexibility index (Phi) is 5.28. The fourth-order valence-electron chi connectivity index (χ4n) is 4.17. The molecule has 2 fully saturated rings. The number of benzene rings is 1. The molecule has 9 nitrogen and oxygen atoms in total. The van der Waals surface area contributed by atoms with Gasteiger partial charge < -0.3 is 5.11 Å². The van der Waals surface area contributed by atoms with Crippen LogP contribution in [-0.2, 0) is 24.8 Å². The molecule has 1 N–H and O–H groups in total. The monoisotopic (exact) mass is 430 g/mol. The van der Waals surface area contributed by atoms with E-state index in [1.54, 1.807) is 0 Å². The van der Waals surface area contributed by atoms with Crippen LogP contribution in [0.2, 0.25) is 0 Å². The summed E-state index contributed by atoms with van der Waals surface area (Å²) in [6.45, 7) is 1.95. The van der Waals surface area contributed by atoms with Crippen LogP contribution in [-0.4, -0.2) is 67.3 Å². The van der Waals surface area contributed by atoms with Crippen molar-refractivity contribution < 1.29 is 31.5 Å². The molecule has 0 aromatic heterocycles. The van der Waals surface area contributed by atoms with Gasteiger partial charge >= 0.3 is 5.97 Å². The number of carboxylic acid groups (broad SMARTS) is 1. The molecule has 2 saturated heterocycles. The van der Waals surface area contributed by atoms with Gasteiger partial charge in [0.05, 0.1) is 34.7 Å². The van der Waals surface area contributed by atoms with E-state index in [0.717, 1.165) is 10.6 Å². The highest BCUT2D eigenvalue weighted by Crippen LogP contribution is 2.42. The summed E-state index contributed by atoms with van der Waals surface area (Å²) in [5.41, 5.74) is -0.0404. The number of aromatic carboxylic acids is 1. The zero-order valence-electron chi connectivity index (χ0n) is 15.5. The minimum atomic E-state index is -4.01. The standard InChI is InChI=1S/C17H22N2O7S2/c1-3-4-13-15-14(19(16(13)20)27(2,23)24)9-10-18(15)28(25,26)12-7-5-11(6-8-12)17(21)22/h5-8,13-15H,3-4,9-10H2,1-2H3,(H,21,22)/t13-,14+,15+/m1/s1. The fourth-order valence-corrected chi connectivity index (χ4v) is 7.06. The third-order valence-electron chi connectivity index (χ3n) is 5.28. The van der Waals surface area contributed by atoms with Crippen molar-refractivity contribution in [3.63, 3.8) is 0 Å². The lowest BCUT2D eigenvalue weighted by Crippen LogP contribution is -2.43. The quantitative estimate of drug-likeness (QED) is 0.704. The summed E-state index contributed by atoms with van der Waals surface area (Å²) in [4.78, 5) is 23.6. The first-order valence-electron chi connectivity index (χ1n) is 8.88. The molecule has 2 aliphatic heterocycles. The van der Waals surface area contributed by atoms with Gasteiger partial charge in [0, 0.05) is 6.54 Å². The van der Waals surface area contributed by atoms with E-state index in [1.807, 2.05) is 6.92 Å². The van der Waals surface area contributed by atoms with Crippen LogP contribution in [0.25, 0.3) is 0 Å². The SMILES string of the molecule is CCC[C@H]1C(=O)N(S(C)(=O)=O)[C@H]2CCN(S(=O)(=O)c3ccc(C(=O)O)cc3)[C@@H]12. The molecule has 0 bridgehead atoms. The lowest BCUT2D eigenvalue weighted by Gasteiger charge is -2.26. The number of nitrogens with zero attached hydrogens (tertiary/aromatic N) is 2. The molecule has 28 heavy (non-hydrogen) atoms. The summed E-state index contributed by atoms with van der Waals surface area (Å²) < 4.78 is 52.7. The van der Waals surface area contributed by atoms with Gasteiger partial charge in [-0.2, -0.15) is 4.31 Å². The predicted molar refractivity (Wildman–Crippen MR) is 99.6 cm³/mol. The van der Waals surface area contributed by atoms with Gasteiger partial charge in [0.15, 0.2) is 0 Å². The van der Waals surface area contributed by atoms with Gasteiger partial charge in [0.1, 0.15) is 0 Å². The number of carboxylic acids is 1. The van der Waals surface area contributed by atoms with Crippen LogP contribution >= 0.6 is 0 Å². The van der Waals surface area contributed by atoms with Crippen LogP contribution in [0, 0.1) is 5.92 Å². The molecule has 3 atom stereocenters. The van der Waals surface area contributed by atoms with Gasteiger partial charge in [-0.05, 0) is 37.1 Å². The predicted octanol–water partition coefficient (Wildman–Crippen LogP) is 0.734. The summed E-state index contributed by atoms with van der Waals surface area (Å²) in [5, 5.41) is 8.98. The van der Waals surface area contributed by atoms with Crippen molar-refractivity contribution in [2.45, 2.75) is 43.2 Å². The fraction of sp³-hybridized carbons (Fsp3) is 0.529. The maximum atomic E-state index is 13.2. The van der Waals surface area contributed by atoms with E-state index >= 15 is 0 Å². The number of fused-ring (bicyclic) bond motifs is 1. The molecule has 3 rings (SSSR count). The van der Waals surface area contributed by atoms with Gasteiger partial charge in [0.25, 0.3) is 0 Å². The molecule has 0 aliphatic carbocycles. The highest BCUT2D eigenvalue weighted by molar-refractivity contribution is 7.89. The molecule has 154 valence electrons. The van der Waals surface area contributed by atoms with Crippen LogP contribution < -0.4 is 0 Å². The lowest BCUT2D eigenvalue weighted by molar-refractivity contribution is -0.128. The Morgan fingerprint density at radius 1 is 1.18 bits per heavy atom. The zero-order valence-corrected chi connectivity index (χ0v) is 17.1. The van der Waals surface area contributed by atoms with Gasteiger partial charge in [-0.15, -0.1) is 0 Å². The van der Waals surface area contributed by atoms with Crippen molar-refractivity contribution in [2.75, 3.05) is 12.8 Å². The van der Waals surface area contributed by atoms with E-state index in [2.05, 4.69) is 0 Å². The second-order valence-corrected chi connectivity index (χ2v) is 10.8. The summed E-state index contributed by atoms with van der Waals surface area (Å²) in [5.74, 6) is -2.45. The van der Waals surface area contributed by atoms with Crippen molar-refractivity contribution in [3.05, 3.63) is 29.8 Å². The molecule has 2 aliphatic rings. The largest absolute Gasteiger partial charge is 0.478 e. The molecule has 2 heterocycles. The first kappa shape index (κ1) is 20.7. The topological polar surface area (TPSA) is 129 Å². The first-order chi connectivity index (χ1) is 13.0. The Morgan fingerprint density at radius 2 is 1.79 bits per heavy atom. The highest BCUT2D eigenvalue weighted by atomic mass is 32.2. The van der Waals surface area contributed by atoms with Crippen molar-refractivity contribution in [2.24, 2.45) is 5.92 Å². The second-order valence-electron chi connectivity index (χ2n) is 7.08. The highest BCUT2D eigenvalue weighted by Gasteiger charge is 2.58. The maximum absolute atomic E-state index is 13.2. The summed E-state index contributed by atoms with van der Waals surface area (Å²) >= 11 is 0. The van der Waals surface area contributed by atoms with E-state index in [1.165, 1.54) is 28.6 Å². The number of carbonyl (C=O) groups excluding carboxylic acids is 1. The average molecular weight is 431 g/mol. The lowest BCUT2D eigenvalue weighted by atomic mass is 9.95. The molecule has 1 aromatic carbocycles. The van der Waals surface area contributed by atoms with Crippen molar-refractivity contribution in [3.8, 4) is 0 Å². The third kappa shape index (κ3) is 3.31. The van der Waals surface area contributed by atoms with E-state index in [0.29, 0.717) is 12.8 Å². The van der Waals surface area contributed by atoms with E-state index in [9.17, 15) is 26.4 Å².